The number of pyridine rings is 1. The summed E-state index contributed by atoms with van der Waals surface area (Å²) >= 11 is 0. The molecular weight excluding hydrogens is 344 g/mol. The Morgan fingerprint density at radius 1 is 1.22 bits per heavy atom. The van der Waals surface area contributed by atoms with Crippen LogP contribution in [0.25, 0.3) is 11.4 Å². The molecule has 1 aliphatic carbocycles. The van der Waals surface area contributed by atoms with Gasteiger partial charge in [-0.05, 0) is 38.9 Å². The van der Waals surface area contributed by atoms with E-state index >= 15 is 0 Å². The monoisotopic (exact) mass is 368 g/mol. The zero-order chi connectivity index (χ0) is 18.8. The van der Waals surface area contributed by atoms with E-state index in [4.69, 9.17) is 10.3 Å². The molecule has 0 aliphatic heterocycles. The van der Waals surface area contributed by atoms with Gasteiger partial charge in [0.15, 0.2) is 0 Å². The maximum Gasteiger partial charge on any atom is 0.241 e. The van der Waals surface area contributed by atoms with E-state index in [1.807, 2.05) is 19.2 Å². The Morgan fingerprint density at radius 3 is 2.70 bits per heavy atom. The average molecular weight is 368 g/mol. The van der Waals surface area contributed by atoms with Crippen molar-refractivity contribution in [2.75, 3.05) is 7.05 Å². The number of hydrogen-bond donors (Lipinski definition) is 1. The maximum absolute atomic E-state index is 5.92. The van der Waals surface area contributed by atoms with E-state index in [2.05, 4.69) is 41.7 Å². The number of hydrogen-bond acceptors (Lipinski definition) is 8. The van der Waals surface area contributed by atoms with Crippen molar-refractivity contribution in [2.24, 2.45) is 5.73 Å². The fourth-order valence-corrected chi connectivity index (χ4v) is 3.45. The van der Waals surface area contributed by atoms with E-state index < -0.39 is 0 Å². The molecule has 3 aromatic heterocycles. The average Bonchev–Trinajstić information content (AvgIpc) is 3.26. The number of aromatic nitrogens is 6. The second-order valence-corrected chi connectivity index (χ2v) is 7.07. The zero-order valence-corrected chi connectivity index (χ0v) is 15.6. The molecular formula is C18H24N8O. The molecule has 0 amide bonds. The van der Waals surface area contributed by atoms with Crippen molar-refractivity contribution in [3.05, 3.63) is 42.1 Å². The van der Waals surface area contributed by atoms with Gasteiger partial charge in [-0.1, -0.05) is 5.16 Å². The van der Waals surface area contributed by atoms with Crippen molar-refractivity contribution in [3.63, 3.8) is 0 Å². The van der Waals surface area contributed by atoms with Gasteiger partial charge in [0.05, 0.1) is 13.1 Å². The van der Waals surface area contributed by atoms with Crippen LogP contribution in [0.4, 0.5) is 0 Å². The summed E-state index contributed by atoms with van der Waals surface area (Å²) in [6, 6.07) is 4.02. The van der Waals surface area contributed by atoms with Crippen molar-refractivity contribution in [1.82, 2.24) is 34.8 Å². The van der Waals surface area contributed by atoms with Crippen LogP contribution in [0.1, 0.15) is 43.2 Å². The summed E-state index contributed by atoms with van der Waals surface area (Å²) in [5.74, 6) is 3.58. The molecule has 3 heterocycles. The smallest absolute Gasteiger partial charge is 0.241 e. The summed E-state index contributed by atoms with van der Waals surface area (Å²) in [6.07, 6.45) is 5.41. The van der Waals surface area contributed by atoms with Crippen LogP contribution in [-0.2, 0) is 19.6 Å². The number of nitrogens with zero attached hydrogens (tertiary/aromatic N) is 7. The molecule has 0 unspecified atom stereocenters. The van der Waals surface area contributed by atoms with Gasteiger partial charge >= 0.3 is 0 Å². The lowest BCUT2D eigenvalue weighted by Gasteiger charge is -2.31. The lowest BCUT2D eigenvalue weighted by atomic mass is 9.80. The van der Waals surface area contributed by atoms with Crippen molar-refractivity contribution in [2.45, 2.75) is 51.4 Å². The second-order valence-electron chi connectivity index (χ2n) is 7.07. The van der Waals surface area contributed by atoms with Crippen LogP contribution in [0.3, 0.4) is 0 Å². The molecule has 0 bridgehead atoms. The molecule has 9 heteroatoms. The number of nitrogens with two attached hydrogens (primary N) is 1. The highest BCUT2D eigenvalue weighted by atomic mass is 16.5. The summed E-state index contributed by atoms with van der Waals surface area (Å²) in [5, 5.41) is 12.9. The van der Waals surface area contributed by atoms with E-state index in [0.29, 0.717) is 36.8 Å². The van der Waals surface area contributed by atoms with Crippen LogP contribution < -0.4 is 5.73 Å². The van der Waals surface area contributed by atoms with Crippen LogP contribution in [0, 0.1) is 0 Å². The van der Waals surface area contributed by atoms with Gasteiger partial charge < -0.3 is 14.8 Å². The summed E-state index contributed by atoms with van der Waals surface area (Å²) in [7, 11) is 2.00. The third-order valence-electron chi connectivity index (χ3n) is 4.94. The van der Waals surface area contributed by atoms with E-state index in [9.17, 15) is 0 Å². The molecule has 0 radical (unpaired) electrons. The van der Waals surface area contributed by atoms with Crippen LogP contribution in [0.2, 0.25) is 0 Å². The normalized spacial score (nSPS) is 19.4. The third kappa shape index (κ3) is 3.74. The minimum absolute atomic E-state index is 0.301. The van der Waals surface area contributed by atoms with Crippen molar-refractivity contribution >= 4 is 0 Å². The highest BCUT2D eigenvalue weighted by Crippen LogP contribution is 2.34. The van der Waals surface area contributed by atoms with Crippen molar-refractivity contribution < 1.29 is 4.52 Å². The molecule has 1 aliphatic rings. The first-order chi connectivity index (χ1) is 13.1. The Kier molecular flexibility index (Phi) is 4.95. The Bertz CT molecular complexity index is 884. The Balaban J connectivity index is 1.41. The minimum atomic E-state index is 0.301. The lowest BCUT2D eigenvalue weighted by Crippen LogP contribution is -2.36. The maximum atomic E-state index is 5.92. The Labute approximate surface area is 157 Å². The molecule has 27 heavy (non-hydrogen) atoms. The van der Waals surface area contributed by atoms with E-state index in [-0.39, 0.29) is 0 Å². The summed E-state index contributed by atoms with van der Waals surface area (Å²) < 4.78 is 7.58. The summed E-state index contributed by atoms with van der Waals surface area (Å²) in [4.78, 5) is 10.6. The van der Waals surface area contributed by atoms with Crippen molar-refractivity contribution in [1.29, 1.82) is 0 Å². The van der Waals surface area contributed by atoms with E-state index in [0.717, 1.165) is 36.6 Å². The summed E-state index contributed by atoms with van der Waals surface area (Å²) in [5.41, 5.74) is 6.81. The van der Waals surface area contributed by atoms with Gasteiger partial charge in [-0.2, -0.15) is 4.98 Å². The Hall–Kier alpha value is -2.65. The molecule has 3 aromatic rings. The lowest BCUT2D eigenvalue weighted by molar-refractivity contribution is 0.252. The Morgan fingerprint density at radius 2 is 2.00 bits per heavy atom. The van der Waals surface area contributed by atoms with Gasteiger partial charge in [0.25, 0.3) is 0 Å². The molecule has 0 saturated heterocycles. The zero-order valence-electron chi connectivity index (χ0n) is 15.6. The largest absolute Gasteiger partial charge is 0.338 e. The van der Waals surface area contributed by atoms with Crippen LogP contribution in [0.15, 0.2) is 29.0 Å². The molecule has 1 fully saturated rings. The van der Waals surface area contributed by atoms with Gasteiger partial charge in [-0.15, -0.1) is 10.2 Å². The van der Waals surface area contributed by atoms with E-state index in [1.165, 1.54) is 0 Å². The van der Waals surface area contributed by atoms with Gasteiger partial charge in [-0.25, -0.2) is 0 Å². The fraction of sp³-hybridized carbons (Fsp3) is 0.500. The predicted octanol–water partition coefficient (Wildman–Crippen LogP) is 1.58. The van der Waals surface area contributed by atoms with Crippen molar-refractivity contribution in [3.8, 4) is 11.4 Å². The van der Waals surface area contributed by atoms with Gasteiger partial charge in [0.1, 0.15) is 11.6 Å². The quantitative estimate of drug-likeness (QED) is 0.669. The van der Waals surface area contributed by atoms with Crippen LogP contribution >= 0.6 is 0 Å². The molecule has 2 N–H and O–H groups in total. The number of rotatable bonds is 7. The third-order valence-corrected chi connectivity index (χ3v) is 4.94. The fourth-order valence-electron chi connectivity index (χ4n) is 3.45. The molecule has 142 valence electrons. The second kappa shape index (κ2) is 7.53. The molecule has 1 saturated carbocycles. The predicted molar refractivity (Wildman–Crippen MR) is 98.3 cm³/mol. The standard InChI is InChI=1S/C18H24N8O/c1-3-26-15(22-23-18(26)13-8-14(19)9-13)10-25(2)11-16-21-17(24-27-16)12-4-6-20-7-5-12/h4-7,13-14H,3,8-11,19H2,1-2H3. The summed E-state index contributed by atoms with van der Waals surface area (Å²) in [6.45, 7) is 4.17. The molecule has 9 nitrogen and oxygen atoms in total. The first-order valence-corrected chi connectivity index (χ1v) is 9.23. The van der Waals surface area contributed by atoms with Gasteiger partial charge in [0, 0.05) is 36.5 Å². The van der Waals surface area contributed by atoms with E-state index in [1.54, 1.807) is 12.4 Å². The minimum Gasteiger partial charge on any atom is -0.338 e. The molecule has 4 rings (SSSR count). The molecule has 0 atom stereocenters. The van der Waals surface area contributed by atoms with Gasteiger partial charge in [0.2, 0.25) is 11.7 Å². The molecule has 0 aromatic carbocycles. The highest BCUT2D eigenvalue weighted by molar-refractivity contribution is 5.52. The highest BCUT2D eigenvalue weighted by Gasteiger charge is 2.32. The van der Waals surface area contributed by atoms with Crippen LogP contribution in [-0.4, -0.2) is 47.9 Å². The topological polar surface area (TPSA) is 112 Å². The molecule has 0 spiro atoms. The SMILES string of the molecule is CCn1c(CN(C)Cc2nc(-c3ccncc3)no2)nnc1C1CC(N)C1. The van der Waals surface area contributed by atoms with Gasteiger partial charge in [-0.3, -0.25) is 9.88 Å². The first-order valence-electron chi connectivity index (χ1n) is 9.23. The van der Waals surface area contributed by atoms with Crippen LogP contribution in [0.5, 0.6) is 0 Å². The first kappa shape index (κ1) is 17.7.